The van der Waals surface area contributed by atoms with Gasteiger partial charge in [0, 0.05) is 0 Å². The molecule has 2 atom stereocenters. The number of rotatable bonds is 1. The Morgan fingerprint density at radius 2 is 2.44 bits per heavy atom. The Bertz CT molecular complexity index is 187. The molecule has 50 valence electrons. The molecular formula is C3H5N3O2S. The van der Waals surface area contributed by atoms with Crippen molar-refractivity contribution in [2.24, 2.45) is 15.4 Å². The average molecular weight is 147 g/mol. The van der Waals surface area contributed by atoms with Crippen molar-refractivity contribution in [3.63, 3.8) is 0 Å². The summed E-state index contributed by atoms with van der Waals surface area (Å²) in [7, 11) is 0. The first-order valence-electron chi connectivity index (χ1n) is 2.22. The van der Waals surface area contributed by atoms with Gasteiger partial charge >= 0.3 is 0 Å². The lowest BCUT2D eigenvalue weighted by atomic mass is 10.4. The van der Waals surface area contributed by atoms with Crippen LogP contribution in [-0.4, -0.2) is 19.8 Å². The molecule has 0 amide bonds. The smallest absolute Gasteiger partial charge is 0.217 e. The fraction of sp³-hybridized carbons (Fsp3) is 0.667. The van der Waals surface area contributed by atoms with Gasteiger partial charge in [0.1, 0.15) is 0 Å². The second-order valence-corrected chi connectivity index (χ2v) is 3.06. The molecule has 9 heavy (non-hydrogen) atoms. The molecule has 6 heteroatoms. The van der Waals surface area contributed by atoms with Crippen LogP contribution < -0.4 is 0 Å². The SMILES string of the molecule is CC1(S(=O)O)C=NN=N1. The van der Waals surface area contributed by atoms with Crippen LogP contribution in [0.25, 0.3) is 0 Å². The largest absolute Gasteiger partial charge is 0.304 e. The Morgan fingerprint density at radius 3 is 2.67 bits per heavy atom. The minimum absolute atomic E-state index is 1.11. The predicted molar refractivity (Wildman–Crippen MR) is 32.5 cm³/mol. The summed E-state index contributed by atoms with van der Waals surface area (Å²) in [6, 6.07) is 0. The van der Waals surface area contributed by atoms with E-state index in [0.717, 1.165) is 0 Å². The number of hydrogen-bond acceptors (Lipinski definition) is 4. The summed E-state index contributed by atoms with van der Waals surface area (Å²) in [5.41, 5.74) is 0. The summed E-state index contributed by atoms with van der Waals surface area (Å²) in [5.74, 6) is 0. The summed E-state index contributed by atoms with van der Waals surface area (Å²) >= 11 is -2.02. The van der Waals surface area contributed by atoms with E-state index >= 15 is 0 Å². The lowest BCUT2D eigenvalue weighted by Gasteiger charge is -2.06. The van der Waals surface area contributed by atoms with Crippen molar-refractivity contribution >= 4 is 17.3 Å². The lowest BCUT2D eigenvalue weighted by molar-refractivity contribution is 0.541. The molecule has 1 rings (SSSR count). The van der Waals surface area contributed by atoms with E-state index in [1.54, 1.807) is 0 Å². The van der Waals surface area contributed by atoms with Crippen LogP contribution in [0.1, 0.15) is 6.92 Å². The van der Waals surface area contributed by atoms with Crippen LogP contribution in [0.4, 0.5) is 0 Å². The zero-order valence-corrected chi connectivity index (χ0v) is 5.50. The van der Waals surface area contributed by atoms with Crippen molar-refractivity contribution < 1.29 is 8.76 Å². The van der Waals surface area contributed by atoms with Gasteiger partial charge in [-0.3, -0.25) is 0 Å². The summed E-state index contributed by atoms with van der Waals surface area (Å²) in [6.07, 6.45) is 1.24. The molecule has 1 heterocycles. The van der Waals surface area contributed by atoms with Crippen molar-refractivity contribution in [3.8, 4) is 0 Å². The van der Waals surface area contributed by atoms with Crippen LogP contribution in [0, 0.1) is 0 Å². The molecule has 0 aromatic rings. The van der Waals surface area contributed by atoms with Crippen molar-refractivity contribution in [1.29, 1.82) is 0 Å². The summed E-state index contributed by atoms with van der Waals surface area (Å²) < 4.78 is 18.9. The third kappa shape index (κ3) is 1.03. The fourth-order valence-corrected chi connectivity index (χ4v) is 0.597. The van der Waals surface area contributed by atoms with Gasteiger partial charge in [-0.2, -0.15) is 0 Å². The maximum absolute atomic E-state index is 10.4. The number of nitrogens with zero attached hydrogens (tertiary/aromatic N) is 3. The Labute approximate surface area is 54.2 Å². The molecule has 5 nitrogen and oxygen atoms in total. The van der Waals surface area contributed by atoms with Crippen molar-refractivity contribution in [3.05, 3.63) is 0 Å². The predicted octanol–water partition coefficient (Wildman–Crippen LogP) is 0.376. The fourth-order valence-electron chi connectivity index (χ4n) is 0.353. The van der Waals surface area contributed by atoms with E-state index in [9.17, 15) is 4.21 Å². The van der Waals surface area contributed by atoms with Crippen molar-refractivity contribution in [1.82, 2.24) is 0 Å². The molecule has 0 radical (unpaired) electrons. The van der Waals surface area contributed by atoms with Gasteiger partial charge in [0.05, 0.1) is 6.21 Å². The average Bonchev–Trinajstić information content (AvgIpc) is 2.16. The van der Waals surface area contributed by atoms with Crippen molar-refractivity contribution in [2.75, 3.05) is 0 Å². The normalized spacial score (nSPS) is 35.3. The van der Waals surface area contributed by atoms with Gasteiger partial charge < -0.3 is 4.55 Å². The number of hydrogen-bond donors (Lipinski definition) is 1. The summed E-state index contributed by atoms with van der Waals surface area (Å²) in [4.78, 5) is -1.11. The first kappa shape index (κ1) is 6.50. The monoisotopic (exact) mass is 147 g/mol. The Kier molecular flexibility index (Phi) is 1.42. The van der Waals surface area contributed by atoms with E-state index in [1.165, 1.54) is 13.1 Å². The van der Waals surface area contributed by atoms with E-state index in [0.29, 0.717) is 0 Å². The Hall–Kier alpha value is -0.620. The third-order valence-electron chi connectivity index (χ3n) is 0.946. The molecular weight excluding hydrogens is 142 g/mol. The zero-order valence-electron chi connectivity index (χ0n) is 4.68. The van der Waals surface area contributed by atoms with Gasteiger partial charge in [-0.15, -0.1) is 10.2 Å². The molecule has 1 N–H and O–H groups in total. The Morgan fingerprint density at radius 1 is 1.78 bits per heavy atom. The van der Waals surface area contributed by atoms with Gasteiger partial charge in [0.15, 0.2) is 11.1 Å². The minimum atomic E-state index is -2.02. The summed E-state index contributed by atoms with van der Waals surface area (Å²) in [6.45, 7) is 1.48. The molecule has 0 aliphatic carbocycles. The van der Waals surface area contributed by atoms with Gasteiger partial charge in [0.25, 0.3) is 0 Å². The highest BCUT2D eigenvalue weighted by Gasteiger charge is 2.31. The second-order valence-electron chi connectivity index (χ2n) is 1.74. The maximum Gasteiger partial charge on any atom is 0.217 e. The highest BCUT2D eigenvalue weighted by Crippen LogP contribution is 2.15. The molecule has 0 fully saturated rings. The molecule has 0 aromatic carbocycles. The molecule has 0 saturated heterocycles. The van der Waals surface area contributed by atoms with E-state index < -0.39 is 16.0 Å². The first-order chi connectivity index (χ1) is 4.15. The first-order valence-corrected chi connectivity index (χ1v) is 3.33. The van der Waals surface area contributed by atoms with Crippen LogP contribution in [0.2, 0.25) is 0 Å². The van der Waals surface area contributed by atoms with Crippen LogP contribution in [0.15, 0.2) is 15.4 Å². The second kappa shape index (κ2) is 1.96. The molecule has 1 aliphatic rings. The van der Waals surface area contributed by atoms with Crippen LogP contribution in [-0.2, 0) is 11.1 Å². The van der Waals surface area contributed by atoms with Crippen molar-refractivity contribution in [2.45, 2.75) is 11.8 Å². The molecule has 1 aliphatic heterocycles. The molecule has 2 unspecified atom stereocenters. The highest BCUT2D eigenvalue weighted by atomic mass is 32.2. The van der Waals surface area contributed by atoms with E-state index in [-0.39, 0.29) is 0 Å². The van der Waals surface area contributed by atoms with Crippen LogP contribution >= 0.6 is 0 Å². The van der Waals surface area contributed by atoms with Crippen LogP contribution in [0.3, 0.4) is 0 Å². The molecule has 0 saturated carbocycles. The standard InChI is InChI=1S/C3H5N3O2S/c1-3(9(7)8)2-4-6-5-3/h2H,1H3,(H,7,8). The van der Waals surface area contributed by atoms with Gasteiger partial charge in [-0.1, -0.05) is 0 Å². The van der Waals surface area contributed by atoms with E-state index in [4.69, 9.17) is 4.55 Å². The lowest BCUT2D eigenvalue weighted by Crippen LogP contribution is -2.26. The zero-order chi connectivity index (χ0) is 6.91. The molecule has 0 aromatic heterocycles. The minimum Gasteiger partial charge on any atom is -0.304 e. The third-order valence-corrected chi connectivity index (χ3v) is 1.84. The Balaban J connectivity index is 2.88. The molecule has 0 bridgehead atoms. The van der Waals surface area contributed by atoms with Gasteiger partial charge in [-0.25, -0.2) is 4.21 Å². The molecule has 0 spiro atoms. The van der Waals surface area contributed by atoms with Gasteiger partial charge in [0.2, 0.25) is 4.87 Å². The quantitative estimate of drug-likeness (QED) is 0.544. The van der Waals surface area contributed by atoms with Crippen LogP contribution in [0.5, 0.6) is 0 Å². The van der Waals surface area contributed by atoms with E-state index in [2.05, 4.69) is 15.4 Å². The van der Waals surface area contributed by atoms with E-state index in [1.807, 2.05) is 0 Å². The van der Waals surface area contributed by atoms with Gasteiger partial charge in [-0.05, 0) is 12.1 Å². The maximum atomic E-state index is 10.4. The summed E-state index contributed by atoms with van der Waals surface area (Å²) in [5, 5.41) is 9.96. The highest BCUT2D eigenvalue weighted by molar-refractivity contribution is 7.81. The topological polar surface area (TPSA) is 74.4 Å².